The van der Waals surface area contributed by atoms with Crippen molar-refractivity contribution in [1.29, 1.82) is 0 Å². The average molecular weight is 624 g/mol. The van der Waals surface area contributed by atoms with Crippen LogP contribution in [0, 0.1) is 0 Å². The van der Waals surface area contributed by atoms with E-state index in [2.05, 4.69) is 181 Å². The Morgan fingerprint density at radius 1 is 0.408 bits per heavy atom. The molecule has 0 atom stereocenters. The molecule has 0 fully saturated rings. The molecule has 0 unspecified atom stereocenters. The van der Waals surface area contributed by atoms with Crippen LogP contribution in [-0.4, -0.2) is 4.57 Å². The fourth-order valence-electron chi connectivity index (χ4n) is 8.20. The van der Waals surface area contributed by atoms with Gasteiger partial charge in [-0.1, -0.05) is 146 Å². The van der Waals surface area contributed by atoms with Crippen molar-refractivity contribution in [2.75, 3.05) is 0 Å². The average Bonchev–Trinajstić information content (AvgIpc) is 3.51. The summed E-state index contributed by atoms with van der Waals surface area (Å²) >= 11 is 0. The van der Waals surface area contributed by atoms with Crippen LogP contribution < -0.4 is 0 Å². The zero-order valence-electron chi connectivity index (χ0n) is 27.1. The first-order valence-electron chi connectivity index (χ1n) is 17.2. The molecule has 1 heteroatoms. The van der Waals surface area contributed by atoms with Gasteiger partial charge in [0.25, 0.3) is 0 Å². The van der Waals surface area contributed by atoms with Crippen LogP contribution in [0.5, 0.6) is 0 Å². The monoisotopic (exact) mass is 623 g/mol. The fraction of sp³-hybridized carbons (Fsp3) is 0.0417. The summed E-state index contributed by atoms with van der Waals surface area (Å²) in [4.78, 5) is 0. The lowest BCUT2D eigenvalue weighted by atomic mass is 9.85. The maximum Gasteiger partial charge on any atom is 0.0538 e. The van der Waals surface area contributed by atoms with Gasteiger partial charge in [-0.05, 0) is 109 Å². The smallest absolute Gasteiger partial charge is 0.0538 e. The largest absolute Gasteiger partial charge is 0.313 e. The van der Waals surface area contributed by atoms with E-state index in [9.17, 15) is 0 Å². The molecular formula is C48H33N. The first-order chi connectivity index (χ1) is 24.3. The normalized spacial score (nSPS) is 12.7. The minimum absolute atomic E-state index is 1.04. The van der Waals surface area contributed by atoms with E-state index in [0.717, 1.165) is 12.8 Å². The predicted octanol–water partition coefficient (Wildman–Crippen LogP) is 13.1. The van der Waals surface area contributed by atoms with Gasteiger partial charge in [0.2, 0.25) is 0 Å². The lowest BCUT2D eigenvalue weighted by molar-refractivity contribution is 0.888. The quantitative estimate of drug-likeness (QED) is 0.172. The van der Waals surface area contributed by atoms with Gasteiger partial charge in [0.1, 0.15) is 0 Å². The van der Waals surface area contributed by atoms with Crippen LogP contribution in [0.15, 0.2) is 170 Å². The van der Waals surface area contributed by atoms with Crippen molar-refractivity contribution in [3.63, 3.8) is 0 Å². The second kappa shape index (κ2) is 11.2. The second-order valence-electron chi connectivity index (χ2n) is 13.2. The summed E-state index contributed by atoms with van der Waals surface area (Å²) in [6.45, 7) is 0. The Morgan fingerprint density at radius 3 is 1.71 bits per heavy atom. The number of aromatic nitrogens is 1. The van der Waals surface area contributed by atoms with E-state index in [1.807, 2.05) is 0 Å². The van der Waals surface area contributed by atoms with Crippen molar-refractivity contribution in [1.82, 2.24) is 4.57 Å². The summed E-state index contributed by atoms with van der Waals surface area (Å²) in [5.41, 5.74) is 12.8. The van der Waals surface area contributed by atoms with Gasteiger partial charge in [-0.15, -0.1) is 0 Å². The molecule has 0 spiro atoms. The SMILES string of the molecule is C1=Cc2c(n(-c3ccc(-c4c5ccccc5c(-c5ccc6ccccc6c5)c5ccccc45)cc3)c3ccc(-c4ccccc4)cc23)CC1. The van der Waals surface area contributed by atoms with Gasteiger partial charge < -0.3 is 4.57 Å². The molecule has 230 valence electrons. The van der Waals surface area contributed by atoms with Gasteiger partial charge in [-0.3, -0.25) is 0 Å². The summed E-state index contributed by atoms with van der Waals surface area (Å²) < 4.78 is 2.49. The Morgan fingerprint density at radius 2 is 1.00 bits per heavy atom. The minimum Gasteiger partial charge on any atom is -0.313 e. The molecule has 0 radical (unpaired) electrons. The molecule has 9 aromatic rings. The molecule has 1 heterocycles. The molecule has 1 aromatic heterocycles. The number of fused-ring (bicyclic) bond motifs is 6. The Bertz CT molecular complexity index is 2690. The molecule has 8 aromatic carbocycles. The molecule has 1 nitrogen and oxygen atoms in total. The van der Waals surface area contributed by atoms with Crippen LogP contribution in [0.3, 0.4) is 0 Å². The zero-order chi connectivity index (χ0) is 32.3. The summed E-state index contributed by atoms with van der Waals surface area (Å²) in [5, 5.41) is 8.96. The molecule has 49 heavy (non-hydrogen) atoms. The summed E-state index contributed by atoms with van der Waals surface area (Å²) in [7, 11) is 0. The third-order valence-corrected chi connectivity index (χ3v) is 10.4. The zero-order valence-corrected chi connectivity index (χ0v) is 27.1. The van der Waals surface area contributed by atoms with E-state index in [4.69, 9.17) is 0 Å². The van der Waals surface area contributed by atoms with Crippen LogP contribution in [0.1, 0.15) is 17.7 Å². The highest BCUT2D eigenvalue weighted by molar-refractivity contribution is 6.21. The van der Waals surface area contributed by atoms with Crippen molar-refractivity contribution in [3.05, 3.63) is 181 Å². The van der Waals surface area contributed by atoms with Gasteiger partial charge in [-0.25, -0.2) is 0 Å². The predicted molar refractivity (Wildman–Crippen MR) is 209 cm³/mol. The van der Waals surface area contributed by atoms with Gasteiger partial charge in [-0.2, -0.15) is 0 Å². The topological polar surface area (TPSA) is 4.93 Å². The van der Waals surface area contributed by atoms with E-state index in [1.165, 1.54) is 93.5 Å². The summed E-state index contributed by atoms with van der Waals surface area (Å²) in [6.07, 6.45) is 6.75. The lowest BCUT2D eigenvalue weighted by Crippen LogP contribution is -2.02. The lowest BCUT2D eigenvalue weighted by Gasteiger charge is -2.19. The Labute approximate surface area is 286 Å². The number of allylic oxidation sites excluding steroid dienone is 1. The summed E-state index contributed by atoms with van der Waals surface area (Å²) in [6, 6.07) is 60.3. The molecule has 0 aliphatic heterocycles. The van der Waals surface area contributed by atoms with E-state index >= 15 is 0 Å². The molecule has 0 saturated heterocycles. The third-order valence-electron chi connectivity index (χ3n) is 10.4. The molecule has 10 rings (SSSR count). The molecule has 1 aliphatic rings. The molecular weight excluding hydrogens is 591 g/mol. The Kier molecular flexibility index (Phi) is 6.38. The van der Waals surface area contributed by atoms with Crippen LogP contribution in [0.2, 0.25) is 0 Å². The van der Waals surface area contributed by atoms with E-state index in [-0.39, 0.29) is 0 Å². The molecule has 0 amide bonds. The van der Waals surface area contributed by atoms with Crippen molar-refractivity contribution in [3.8, 4) is 39.1 Å². The molecule has 1 aliphatic carbocycles. The van der Waals surface area contributed by atoms with E-state index in [0.29, 0.717) is 0 Å². The van der Waals surface area contributed by atoms with Crippen molar-refractivity contribution in [2.24, 2.45) is 0 Å². The Balaban J connectivity index is 1.15. The van der Waals surface area contributed by atoms with E-state index in [1.54, 1.807) is 0 Å². The highest BCUT2D eigenvalue weighted by Gasteiger charge is 2.20. The van der Waals surface area contributed by atoms with Crippen LogP contribution in [0.4, 0.5) is 0 Å². The van der Waals surface area contributed by atoms with Crippen molar-refractivity contribution >= 4 is 49.3 Å². The standard InChI is InChI=1S/C48H33N/c1-2-12-32(13-3-1)36-26-29-46-44(31-36)39-16-10-11-21-45(39)49(46)38-27-24-34(25-28-38)47-40-17-6-8-19-42(40)48(43-20-9-7-18-41(43)47)37-23-22-33-14-4-5-15-35(33)30-37/h1-10,12-20,22-31H,11,21H2. The first kappa shape index (κ1) is 27.9. The second-order valence-corrected chi connectivity index (χ2v) is 13.2. The van der Waals surface area contributed by atoms with Crippen molar-refractivity contribution in [2.45, 2.75) is 12.8 Å². The van der Waals surface area contributed by atoms with Crippen molar-refractivity contribution < 1.29 is 0 Å². The highest BCUT2D eigenvalue weighted by atomic mass is 15.0. The first-order valence-corrected chi connectivity index (χ1v) is 17.2. The number of rotatable bonds is 4. The fourth-order valence-corrected chi connectivity index (χ4v) is 8.20. The molecule has 0 saturated carbocycles. The van der Waals surface area contributed by atoms with E-state index < -0.39 is 0 Å². The third kappa shape index (κ3) is 4.47. The van der Waals surface area contributed by atoms with Crippen LogP contribution >= 0.6 is 0 Å². The Hall–Kier alpha value is -6.18. The van der Waals surface area contributed by atoms with Gasteiger partial charge in [0.05, 0.1) is 5.52 Å². The maximum atomic E-state index is 2.49. The minimum atomic E-state index is 1.04. The number of benzene rings is 8. The molecule has 0 bridgehead atoms. The molecule has 0 N–H and O–H groups in total. The number of hydrogen-bond acceptors (Lipinski definition) is 0. The number of hydrogen-bond donors (Lipinski definition) is 0. The highest BCUT2D eigenvalue weighted by Crippen LogP contribution is 2.44. The maximum absolute atomic E-state index is 2.49. The van der Waals surface area contributed by atoms with Crippen LogP contribution in [0.25, 0.3) is 88.4 Å². The van der Waals surface area contributed by atoms with Gasteiger partial charge in [0.15, 0.2) is 0 Å². The van der Waals surface area contributed by atoms with Gasteiger partial charge in [0, 0.05) is 22.3 Å². The summed E-state index contributed by atoms with van der Waals surface area (Å²) in [5.74, 6) is 0. The van der Waals surface area contributed by atoms with Crippen LogP contribution in [-0.2, 0) is 6.42 Å². The van der Waals surface area contributed by atoms with Gasteiger partial charge >= 0.3 is 0 Å². The number of nitrogens with zero attached hydrogens (tertiary/aromatic N) is 1.